The number of carbonyl (C=O) groups is 1. The first kappa shape index (κ1) is 15.1. The van der Waals surface area contributed by atoms with Gasteiger partial charge in [-0.25, -0.2) is 9.18 Å². The van der Waals surface area contributed by atoms with E-state index in [-0.39, 0.29) is 11.8 Å². The zero-order valence-corrected chi connectivity index (χ0v) is 13.1. The number of halogens is 2. The molecule has 2 nitrogen and oxygen atoms in total. The molecule has 104 valence electrons. The second-order valence-electron chi connectivity index (χ2n) is 3.92. The van der Waals surface area contributed by atoms with Gasteiger partial charge in [0.15, 0.2) is 0 Å². The molecule has 0 aliphatic carbocycles. The Labute approximate surface area is 129 Å². The average molecular weight is 355 g/mol. The average Bonchev–Trinajstić information content (AvgIpc) is 2.44. The smallest absolute Gasteiger partial charge is 0.338 e. The maximum atomic E-state index is 13.4. The van der Waals surface area contributed by atoms with Gasteiger partial charge in [0.2, 0.25) is 0 Å². The van der Waals surface area contributed by atoms with Crippen LogP contribution < -0.4 is 0 Å². The largest absolute Gasteiger partial charge is 0.462 e. The zero-order valence-electron chi connectivity index (χ0n) is 10.7. The third-order valence-electron chi connectivity index (χ3n) is 2.49. The van der Waals surface area contributed by atoms with Crippen molar-refractivity contribution in [3.63, 3.8) is 0 Å². The van der Waals surface area contributed by atoms with Crippen LogP contribution in [-0.4, -0.2) is 12.6 Å². The number of esters is 1. The van der Waals surface area contributed by atoms with E-state index in [1.54, 1.807) is 25.1 Å². The summed E-state index contributed by atoms with van der Waals surface area (Å²) in [5.41, 5.74) is 0.512. The summed E-state index contributed by atoms with van der Waals surface area (Å²) in [4.78, 5) is 13.2. The second kappa shape index (κ2) is 6.90. The molecule has 2 aromatic rings. The van der Waals surface area contributed by atoms with Crippen LogP contribution >= 0.6 is 27.7 Å². The highest BCUT2D eigenvalue weighted by Gasteiger charge is 2.07. The predicted molar refractivity (Wildman–Crippen MR) is 80.6 cm³/mol. The first-order valence-corrected chi connectivity index (χ1v) is 7.61. The molecule has 0 saturated carbocycles. The molecule has 2 rings (SSSR count). The molecule has 0 N–H and O–H groups in total. The third-order valence-corrected chi connectivity index (χ3v) is 4.13. The summed E-state index contributed by atoms with van der Waals surface area (Å²) in [6, 6.07) is 12.0. The SMILES string of the molecule is CCOC(=O)c1ccc(Sc2ccc(Br)c(F)c2)cc1. The number of hydrogen-bond donors (Lipinski definition) is 0. The van der Waals surface area contributed by atoms with E-state index in [9.17, 15) is 9.18 Å². The zero-order chi connectivity index (χ0) is 14.5. The fourth-order valence-corrected chi connectivity index (χ4v) is 2.64. The Bertz CT molecular complexity index is 614. The van der Waals surface area contributed by atoms with Crippen molar-refractivity contribution in [3.05, 3.63) is 58.3 Å². The minimum Gasteiger partial charge on any atom is -0.462 e. The molecule has 0 heterocycles. The lowest BCUT2D eigenvalue weighted by Crippen LogP contribution is -2.03. The first-order chi connectivity index (χ1) is 9.60. The summed E-state index contributed by atoms with van der Waals surface area (Å²) in [6.45, 7) is 2.12. The lowest BCUT2D eigenvalue weighted by Gasteiger charge is -2.05. The summed E-state index contributed by atoms with van der Waals surface area (Å²) < 4.78 is 18.8. The summed E-state index contributed by atoms with van der Waals surface area (Å²) in [5.74, 6) is -0.628. The van der Waals surface area contributed by atoms with Crippen LogP contribution in [0, 0.1) is 5.82 Å². The maximum absolute atomic E-state index is 13.4. The molecule has 0 bridgehead atoms. The summed E-state index contributed by atoms with van der Waals surface area (Å²) >= 11 is 4.55. The van der Waals surface area contributed by atoms with Gasteiger partial charge < -0.3 is 4.74 Å². The quantitative estimate of drug-likeness (QED) is 0.729. The van der Waals surface area contributed by atoms with Crippen LogP contribution in [0.2, 0.25) is 0 Å². The van der Waals surface area contributed by atoms with Crippen molar-refractivity contribution >= 4 is 33.7 Å². The molecule has 0 aliphatic heterocycles. The van der Waals surface area contributed by atoms with Crippen molar-refractivity contribution in [1.82, 2.24) is 0 Å². The predicted octanol–water partition coefficient (Wildman–Crippen LogP) is 4.92. The number of rotatable bonds is 4. The van der Waals surface area contributed by atoms with Crippen molar-refractivity contribution in [2.24, 2.45) is 0 Å². The Balaban J connectivity index is 2.10. The number of ether oxygens (including phenoxy) is 1. The number of carbonyl (C=O) groups excluding carboxylic acids is 1. The Morgan fingerprint density at radius 3 is 2.45 bits per heavy atom. The third kappa shape index (κ3) is 3.84. The molecule has 20 heavy (non-hydrogen) atoms. The summed E-state index contributed by atoms with van der Waals surface area (Å²) in [6.07, 6.45) is 0. The Morgan fingerprint density at radius 1 is 1.20 bits per heavy atom. The normalized spacial score (nSPS) is 10.3. The maximum Gasteiger partial charge on any atom is 0.338 e. The van der Waals surface area contributed by atoms with Crippen molar-refractivity contribution in [1.29, 1.82) is 0 Å². The molecule has 0 unspecified atom stereocenters. The topological polar surface area (TPSA) is 26.3 Å². The van der Waals surface area contributed by atoms with E-state index in [0.717, 1.165) is 9.79 Å². The van der Waals surface area contributed by atoms with Gasteiger partial charge in [0.25, 0.3) is 0 Å². The number of benzene rings is 2. The van der Waals surface area contributed by atoms with E-state index >= 15 is 0 Å². The molecule has 0 saturated heterocycles. The van der Waals surface area contributed by atoms with Crippen LogP contribution in [0.4, 0.5) is 4.39 Å². The van der Waals surface area contributed by atoms with Crippen LogP contribution in [0.1, 0.15) is 17.3 Å². The van der Waals surface area contributed by atoms with Gasteiger partial charge in [-0.2, -0.15) is 0 Å². The molecule has 5 heteroatoms. The molecule has 0 atom stereocenters. The molecule has 0 spiro atoms. The van der Waals surface area contributed by atoms with Gasteiger partial charge in [0.05, 0.1) is 16.6 Å². The highest BCUT2D eigenvalue weighted by Crippen LogP contribution is 2.30. The highest BCUT2D eigenvalue weighted by atomic mass is 79.9. The highest BCUT2D eigenvalue weighted by molar-refractivity contribution is 9.10. The molecule has 0 aromatic heterocycles. The molecular formula is C15H12BrFO2S. The fourth-order valence-electron chi connectivity index (χ4n) is 1.55. The Kier molecular flexibility index (Phi) is 5.20. The molecule has 0 aliphatic rings. The minimum absolute atomic E-state index is 0.293. The van der Waals surface area contributed by atoms with Crippen molar-refractivity contribution in [3.8, 4) is 0 Å². The van der Waals surface area contributed by atoms with Crippen LogP contribution in [0.25, 0.3) is 0 Å². The standard InChI is InChI=1S/C15H12BrFO2S/c1-2-19-15(18)10-3-5-11(6-4-10)20-12-7-8-13(16)14(17)9-12/h3-9H,2H2,1H3. The van der Waals surface area contributed by atoms with E-state index in [2.05, 4.69) is 15.9 Å². The van der Waals surface area contributed by atoms with E-state index in [4.69, 9.17) is 4.74 Å². The van der Waals surface area contributed by atoms with Gasteiger partial charge in [-0.1, -0.05) is 11.8 Å². The molecule has 0 fully saturated rings. The molecule has 0 radical (unpaired) electrons. The van der Waals surface area contributed by atoms with Gasteiger partial charge in [-0.05, 0) is 65.3 Å². The van der Waals surface area contributed by atoms with Crippen LogP contribution in [0.15, 0.2) is 56.7 Å². The Hall–Kier alpha value is -1.33. The summed E-state index contributed by atoms with van der Waals surface area (Å²) in [7, 11) is 0. The van der Waals surface area contributed by atoms with Crippen molar-refractivity contribution in [2.75, 3.05) is 6.61 Å². The van der Waals surface area contributed by atoms with Gasteiger partial charge in [-0.15, -0.1) is 0 Å². The molecular weight excluding hydrogens is 343 g/mol. The minimum atomic E-state index is -0.335. The van der Waals surface area contributed by atoms with Crippen molar-refractivity contribution in [2.45, 2.75) is 16.7 Å². The lowest BCUT2D eigenvalue weighted by atomic mass is 10.2. The van der Waals surface area contributed by atoms with E-state index in [0.29, 0.717) is 16.6 Å². The van der Waals surface area contributed by atoms with E-state index in [1.165, 1.54) is 17.8 Å². The second-order valence-corrected chi connectivity index (χ2v) is 5.92. The van der Waals surface area contributed by atoms with Crippen molar-refractivity contribution < 1.29 is 13.9 Å². The van der Waals surface area contributed by atoms with E-state index in [1.807, 2.05) is 18.2 Å². The molecule has 0 amide bonds. The molecule has 2 aromatic carbocycles. The first-order valence-electron chi connectivity index (χ1n) is 6.00. The van der Waals surface area contributed by atoms with Gasteiger partial charge >= 0.3 is 5.97 Å². The van der Waals surface area contributed by atoms with Crippen LogP contribution in [0.5, 0.6) is 0 Å². The van der Waals surface area contributed by atoms with Gasteiger partial charge in [0.1, 0.15) is 5.82 Å². The number of hydrogen-bond acceptors (Lipinski definition) is 3. The fraction of sp³-hybridized carbons (Fsp3) is 0.133. The van der Waals surface area contributed by atoms with Gasteiger partial charge in [0, 0.05) is 9.79 Å². The Morgan fingerprint density at radius 2 is 1.85 bits per heavy atom. The van der Waals surface area contributed by atoms with Crippen LogP contribution in [-0.2, 0) is 4.74 Å². The van der Waals surface area contributed by atoms with E-state index < -0.39 is 0 Å². The van der Waals surface area contributed by atoms with Gasteiger partial charge in [-0.3, -0.25) is 0 Å². The van der Waals surface area contributed by atoms with Crippen LogP contribution in [0.3, 0.4) is 0 Å². The lowest BCUT2D eigenvalue weighted by molar-refractivity contribution is 0.0526. The monoisotopic (exact) mass is 354 g/mol. The summed E-state index contributed by atoms with van der Waals surface area (Å²) in [5, 5.41) is 0.